The zero-order valence-corrected chi connectivity index (χ0v) is 17.8. The first-order valence-electron chi connectivity index (χ1n) is 10.7. The summed E-state index contributed by atoms with van der Waals surface area (Å²) < 4.78 is 0. The van der Waals surface area contributed by atoms with E-state index in [4.69, 9.17) is 4.98 Å². The van der Waals surface area contributed by atoms with Gasteiger partial charge in [0.2, 0.25) is 5.91 Å². The fraction of sp³-hybridized carbons (Fsp3) is 0.333. The monoisotopic (exact) mass is 416 g/mol. The molecule has 0 spiro atoms. The van der Waals surface area contributed by atoms with Crippen LogP contribution in [0.25, 0.3) is 0 Å². The number of piperidine rings is 1. The molecular formula is C24H28N6O. The van der Waals surface area contributed by atoms with Gasteiger partial charge in [0.25, 0.3) is 0 Å². The number of likely N-dealkylation sites (tertiary alicyclic amines) is 1. The van der Waals surface area contributed by atoms with Crippen molar-refractivity contribution in [1.82, 2.24) is 25.2 Å². The second kappa shape index (κ2) is 10.1. The van der Waals surface area contributed by atoms with Gasteiger partial charge in [-0.1, -0.05) is 18.2 Å². The maximum absolute atomic E-state index is 12.4. The molecule has 1 saturated heterocycles. The van der Waals surface area contributed by atoms with Crippen molar-refractivity contribution in [2.24, 2.45) is 0 Å². The smallest absolute Gasteiger partial charge is 0.234 e. The van der Waals surface area contributed by atoms with Crippen molar-refractivity contribution >= 4 is 17.5 Å². The van der Waals surface area contributed by atoms with Crippen LogP contribution in [0.3, 0.4) is 0 Å². The van der Waals surface area contributed by atoms with E-state index in [1.54, 1.807) is 12.4 Å². The van der Waals surface area contributed by atoms with Crippen molar-refractivity contribution in [3.63, 3.8) is 0 Å². The molecule has 3 aromatic heterocycles. The molecule has 1 amide bonds. The highest BCUT2D eigenvalue weighted by Crippen LogP contribution is 2.27. The number of hydrogen-bond acceptors (Lipinski definition) is 6. The predicted octanol–water partition coefficient (Wildman–Crippen LogP) is 3.42. The summed E-state index contributed by atoms with van der Waals surface area (Å²) in [4.78, 5) is 28.1. The van der Waals surface area contributed by atoms with E-state index in [0.717, 1.165) is 54.5 Å². The molecule has 0 saturated carbocycles. The molecule has 0 aliphatic carbocycles. The first-order valence-corrected chi connectivity index (χ1v) is 10.7. The number of carbonyl (C=O) groups excluding carboxylic acids is 1. The molecule has 1 atom stereocenters. The summed E-state index contributed by atoms with van der Waals surface area (Å²) in [6.07, 6.45) is 5.64. The lowest BCUT2D eigenvalue weighted by Crippen LogP contribution is -2.42. The normalized spacial score (nSPS) is 16.6. The van der Waals surface area contributed by atoms with Crippen molar-refractivity contribution in [2.75, 3.05) is 25.0 Å². The fourth-order valence-corrected chi connectivity index (χ4v) is 3.88. The number of nitrogens with zero attached hydrogens (tertiary/aromatic N) is 4. The average Bonchev–Trinajstić information content (AvgIpc) is 2.80. The topological polar surface area (TPSA) is 83.0 Å². The van der Waals surface area contributed by atoms with Gasteiger partial charge in [0.1, 0.15) is 11.6 Å². The van der Waals surface area contributed by atoms with E-state index < -0.39 is 0 Å². The van der Waals surface area contributed by atoms with E-state index in [-0.39, 0.29) is 5.91 Å². The second-order valence-corrected chi connectivity index (χ2v) is 7.91. The van der Waals surface area contributed by atoms with E-state index in [2.05, 4.69) is 31.6 Å². The lowest BCUT2D eigenvalue weighted by atomic mass is 9.94. The summed E-state index contributed by atoms with van der Waals surface area (Å²) >= 11 is 0. The van der Waals surface area contributed by atoms with Crippen LogP contribution in [0.5, 0.6) is 0 Å². The molecule has 1 aliphatic rings. The summed E-state index contributed by atoms with van der Waals surface area (Å²) in [5, 5.41) is 6.29. The van der Waals surface area contributed by atoms with Crippen molar-refractivity contribution in [2.45, 2.75) is 32.2 Å². The van der Waals surface area contributed by atoms with Gasteiger partial charge in [-0.3, -0.25) is 14.7 Å². The molecule has 1 unspecified atom stereocenters. The Balaban J connectivity index is 1.34. The van der Waals surface area contributed by atoms with Crippen molar-refractivity contribution < 1.29 is 4.79 Å². The number of carbonyl (C=O) groups is 1. The van der Waals surface area contributed by atoms with Gasteiger partial charge >= 0.3 is 0 Å². The van der Waals surface area contributed by atoms with Crippen molar-refractivity contribution in [3.8, 4) is 0 Å². The molecule has 4 heterocycles. The van der Waals surface area contributed by atoms with Crippen LogP contribution in [0.2, 0.25) is 0 Å². The van der Waals surface area contributed by atoms with Crippen LogP contribution in [0.1, 0.15) is 35.7 Å². The van der Waals surface area contributed by atoms with Crippen LogP contribution in [0, 0.1) is 6.92 Å². The molecule has 160 valence electrons. The summed E-state index contributed by atoms with van der Waals surface area (Å²) in [5.41, 5.74) is 3.00. The Labute approximate surface area is 183 Å². The van der Waals surface area contributed by atoms with Crippen LogP contribution in [0.4, 0.5) is 11.6 Å². The van der Waals surface area contributed by atoms with Crippen molar-refractivity contribution in [1.29, 1.82) is 0 Å². The molecule has 1 aliphatic heterocycles. The highest BCUT2D eigenvalue weighted by atomic mass is 16.2. The number of pyridine rings is 3. The SMILES string of the molecule is Cc1cccnc1Nc1cccc(C2CCCN(CC(=O)NCc3ccccn3)C2)n1. The van der Waals surface area contributed by atoms with Crippen LogP contribution >= 0.6 is 0 Å². The molecule has 0 bridgehead atoms. The molecule has 3 aromatic rings. The molecule has 0 radical (unpaired) electrons. The third kappa shape index (κ3) is 5.86. The van der Waals surface area contributed by atoms with Gasteiger partial charge in [-0.05, 0) is 62.2 Å². The standard InChI is InChI=1S/C24H28N6O/c1-18-7-5-13-26-24(18)29-22-11-4-10-21(28-22)19-8-6-14-30(16-19)17-23(31)27-15-20-9-2-3-12-25-20/h2-5,7,9-13,19H,6,8,14-17H2,1H3,(H,27,31)(H,26,28,29). The molecule has 31 heavy (non-hydrogen) atoms. The highest BCUT2D eigenvalue weighted by Gasteiger charge is 2.24. The minimum absolute atomic E-state index is 0.0281. The maximum Gasteiger partial charge on any atom is 0.234 e. The van der Waals surface area contributed by atoms with Gasteiger partial charge in [-0.2, -0.15) is 0 Å². The number of anilines is 2. The Hall–Kier alpha value is -3.32. The van der Waals surface area contributed by atoms with Crippen molar-refractivity contribution in [3.05, 3.63) is 77.9 Å². The van der Waals surface area contributed by atoms with Gasteiger partial charge in [0.15, 0.2) is 0 Å². The zero-order valence-electron chi connectivity index (χ0n) is 17.8. The second-order valence-electron chi connectivity index (χ2n) is 7.91. The Bertz CT molecular complexity index is 1010. The van der Waals surface area contributed by atoms with Crippen LogP contribution in [0.15, 0.2) is 60.9 Å². The minimum Gasteiger partial charge on any atom is -0.349 e. The van der Waals surface area contributed by atoms with E-state index in [0.29, 0.717) is 19.0 Å². The molecule has 2 N–H and O–H groups in total. The number of rotatable bonds is 7. The first kappa shape index (κ1) is 20.9. The Kier molecular flexibility index (Phi) is 6.84. The van der Waals surface area contributed by atoms with Gasteiger partial charge in [-0.15, -0.1) is 0 Å². The van der Waals surface area contributed by atoms with E-state index >= 15 is 0 Å². The van der Waals surface area contributed by atoms with Crippen LogP contribution < -0.4 is 10.6 Å². The third-order valence-electron chi connectivity index (χ3n) is 5.51. The Morgan fingerprint density at radius 2 is 2.00 bits per heavy atom. The molecular weight excluding hydrogens is 388 g/mol. The summed E-state index contributed by atoms with van der Waals surface area (Å²) in [5.74, 6) is 1.95. The van der Waals surface area contributed by atoms with E-state index in [1.807, 2.05) is 49.4 Å². The minimum atomic E-state index is 0.0281. The fourth-order valence-electron chi connectivity index (χ4n) is 3.88. The lowest BCUT2D eigenvalue weighted by Gasteiger charge is -2.32. The van der Waals surface area contributed by atoms with E-state index in [1.165, 1.54) is 0 Å². The number of hydrogen-bond donors (Lipinski definition) is 2. The van der Waals surface area contributed by atoms with E-state index in [9.17, 15) is 4.79 Å². The maximum atomic E-state index is 12.4. The molecule has 7 nitrogen and oxygen atoms in total. The van der Waals surface area contributed by atoms with Gasteiger partial charge < -0.3 is 10.6 Å². The van der Waals surface area contributed by atoms with Gasteiger partial charge in [0.05, 0.1) is 18.8 Å². The lowest BCUT2D eigenvalue weighted by molar-refractivity contribution is -0.122. The highest BCUT2D eigenvalue weighted by molar-refractivity contribution is 5.78. The Morgan fingerprint density at radius 3 is 2.84 bits per heavy atom. The average molecular weight is 417 g/mol. The first-order chi connectivity index (χ1) is 15.2. The molecule has 0 aromatic carbocycles. The predicted molar refractivity (Wildman–Crippen MR) is 121 cm³/mol. The Morgan fingerprint density at radius 1 is 1.10 bits per heavy atom. The number of aromatic nitrogens is 3. The van der Waals surface area contributed by atoms with Crippen LogP contribution in [-0.2, 0) is 11.3 Å². The quantitative estimate of drug-likeness (QED) is 0.614. The van der Waals surface area contributed by atoms with Crippen LogP contribution in [-0.4, -0.2) is 45.4 Å². The summed E-state index contributed by atoms with van der Waals surface area (Å²) in [6, 6.07) is 15.7. The van der Waals surface area contributed by atoms with Gasteiger partial charge in [-0.25, -0.2) is 9.97 Å². The summed E-state index contributed by atoms with van der Waals surface area (Å²) in [7, 11) is 0. The summed E-state index contributed by atoms with van der Waals surface area (Å²) in [6.45, 7) is 4.64. The zero-order chi connectivity index (χ0) is 21.5. The number of nitrogens with one attached hydrogen (secondary N) is 2. The number of amides is 1. The van der Waals surface area contributed by atoms with Gasteiger partial charge in [0, 0.05) is 30.6 Å². The largest absolute Gasteiger partial charge is 0.349 e. The molecule has 1 fully saturated rings. The third-order valence-corrected chi connectivity index (χ3v) is 5.51. The number of aryl methyl sites for hydroxylation is 1. The molecule has 4 rings (SSSR count). The molecule has 7 heteroatoms.